The molecule has 4 rings (SSSR count). The normalized spacial score (nSPS) is 15.0. The van der Waals surface area contributed by atoms with Crippen LogP contribution in [0, 0.1) is 12.8 Å². The average Bonchev–Trinajstić information content (AvgIpc) is 3.27. The number of hydrogen-bond donors (Lipinski definition) is 1. The molecule has 0 atom stereocenters. The molecule has 0 radical (unpaired) electrons. The highest BCUT2D eigenvalue weighted by atomic mass is 32.1. The largest absolute Gasteiger partial charge is 0.352 e. The lowest BCUT2D eigenvalue weighted by Crippen LogP contribution is -2.38. The van der Waals surface area contributed by atoms with Crippen LogP contribution in [0.2, 0.25) is 0 Å². The van der Waals surface area contributed by atoms with Gasteiger partial charge >= 0.3 is 0 Å². The summed E-state index contributed by atoms with van der Waals surface area (Å²) in [6.45, 7) is 11.3. The Morgan fingerprint density at radius 1 is 1.06 bits per heavy atom. The Kier molecular flexibility index (Phi) is 7.13. The van der Waals surface area contributed by atoms with Crippen LogP contribution >= 0.6 is 11.5 Å². The highest BCUT2D eigenvalue weighted by molar-refractivity contribution is 7.09. The first-order valence-electron chi connectivity index (χ1n) is 11.8. The molecule has 0 bridgehead atoms. The molecule has 2 heterocycles. The maximum Gasteiger partial charge on any atom is 0.251 e. The van der Waals surface area contributed by atoms with Gasteiger partial charge in [-0.25, -0.2) is 4.98 Å². The van der Waals surface area contributed by atoms with Gasteiger partial charge in [-0.05, 0) is 54.4 Å². The number of benzene rings is 2. The highest BCUT2D eigenvalue weighted by Gasteiger charge is 2.23. The first-order valence-corrected chi connectivity index (χ1v) is 12.6. The second kappa shape index (κ2) is 10.0. The zero-order valence-electron chi connectivity index (χ0n) is 20.1. The van der Waals surface area contributed by atoms with E-state index in [0.29, 0.717) is 5.92 Å². The lowest BCUT2D eigenvalue weighted by Gasteiger charge is -2.31. The number of aryl methyl sites for hydroxylation is 1. The number of anilines is 1. The maximum atomic E-state index is 12.6. The van der Waals surface area contributed by atoms with E-state index >= 15 is 0 Å². The topological polar surface area (TPSA) is 58.1 Å². The van der Waals surface area contributed by atoms with Crippen molar-refractivity contribution in [2.45, 2.75) is 52.4 Å². The Morgan fingerprint density at radius 2 is 1.73 bits per heavy atom. The van der Waals surface area contributed by atoms with E-state index in [1.54, 1.807) is 0 Å². The van der Waals surface area contributed by atoms with Gasteiger partial charge in [-0.1, -0.05) is 62.7 Å². The molecular formula is C27H34N4OS. The standard InChI is InChI=1S/C27H34N4OS/c1-19-5-7-20(8-6-19)17-24-29-26(33-30-24)31-15-13-21(14-16-31)18-28-25(32)22-9-11-23(12-10-22)27(2,3)4/h5-12,21H,13-18H2,1-4H3,(H,28,32). The van der Waals surface area contributed by atoms with Crippen molar-refractivity contribution in [2.24, 2.45) is 5.92 Å². The minimum Gasteiger partial charge on any atom is -0.352 e. The predicted molar refractivity (Wildman–Crippen MR) is 136 cm³/mol. The summed E-state index contributed by atoms with van der Waals surface area (Å²) in [5.41, 5.74) is 4.58. The van der Waals surface area contributed by atoms with Crippen LogP contribution in [-0.4, -0.2) is 34.9 Å². The molecule has 174 valence electrons. The molecule has 1 saturated heterocycles. The molecule has 0 aliphatic carbocycles. The number of carbonyl (C=O) groups excluding carboxylic acids is 1. The zero-order chi connectivity index (χ0) is 23.4. The summed E-state index contributed by atoms with van der Waals surface area (Å²) >= 11 is 1.49. The van der Waals surface area contributed by atoms with Crippen molar-refractivity contribution in [3.05, 3.63) is 76.6 Å². The molecule has 1 N–H and O–H groups in total. The van der Waals surface area contributed by atoms with Gasteiger partial charge in [0.25, 0.3) is 5.91 Å². The fourth-order valence-corrected chi connectivity index (χ4v) is 4.86. The van der Waals surface area contributed by atoms with Crippen molar-refractivity contribution in [2.75, 3.05) is 24.5 Å². The third-order valence-electron chi connectivity index (χ3n) is 6.39. The second-order valence-electron chi connectivity index (χ2n) is 10.1. The van der Waals surface area contributed by atoms with E-state index in [1.807, 2.05) is 12.1 Å². The van der Waals surface area contributed by atoms with Gasteiger partial charge in [0.2, 0.25) is 5.13 Å². The predicted octanol–water partition coefficient (Wildman–Crippen LogP) is 5.38. The van der Waals surface area contributed by atoms with Crippen LogP contribution in [-0.2, 0) is 11.8 Å². The SMILES string of the molecule is Cc1ccc(Cc2nsc(N3CCC(CNC(=O)c4ccc(C(C)(C)C)cc4)CC3)n2)cc1. The van der Waals surface area contributed by atoms with Crippen LogP contribution in [0.25, 0.3) is 0 Å². The van der Waals surface area contributed by atoms with Gasteiger partial charge < -0.3 is 10.2 Å². The van der Waals surface area contributed by atoms with Gasteiger partial charge in [0.15, 0.2) is 0 Å². The number of nitrogens with zero attached hydrogens (tertiary/aromatic N) is 3. The molecule has 1 aromatic heterocycles. The summed E-state index contributed by atoms with van der Waals surface area (Å²) in [6, 6.07) is 16.5. The Hall–Kier alpha value is -2.73. The molecule has 1 amide bonds. The minimum atomic E-state index is 0.0164. The zero-order valence-corrected chi connectivity index (χ0v) is 20.9. The third-order valence-corrected chi connectivity index (χ3v) is 7.20. The van der Waals surface area contributed by atoms with Crippen molar-refractivity contribution in [3.63, 3.8) is 0 Å². The van der Waals surface area contributed by atoms with Gasteiger partial charge in [-0.3, -0.25) is 4.79 Å². The van der Waals surface area contributed by atoms with Crippen LogP contribution in [0.4, 0.5) is 5.13 Å². The third kappa shape index (κ3) is 6.20. The van der Waals surface area contributed by atoms with Gasteiger partial charge in [0, 0.05) is 43.2 Å². The molecule has 0 saturated carbocycles. The number of piperidine rings is 1. The minimum absolute atomic E-state index is 0.0164. The molecule has 0 unspecified atom stereocenters. The van der Waals surface area contributed by atoms with Crippen LogP contribution < -0.4 is 10.2 Å². The lowest BCUT2D eigenvalue weighted by atomic mass is 9.86. The molecule has 2 aromatic carbocycles. The smallest absolute Gasteiger partial charge is 0.251 e. The summed E-state index contributed by atoms with van der Waals surface area (Å²) in [6.07, 6.45) is 2.88. The van der Waals surface area contributed by atoms with E-state index < -0.39 is 0 Å². The van der Waals surface area contributed by atoms with E-state index in [4.69, 9.17) is 4.98 Å². The number of rotatable bonds is 6. The van der Waals surface area contributed by atoms with E-state index in [-0.39, 0.29) is 11.3 Å². The molecule has 1 aliphatic heterocycles. The van der Waals surface area contributed by atoms with Crippen molar-refractivity contribution in [1.82, 2.24) is 14.7 Å². The maximum absolute atomic E-state index is 12.6. The van der Waals surface area contributed by atoms with Crippen molar-refractivity contribution < 1.29 is 4.79 Å². The quantitative estimate of drug-likeness (QED) is 0.534. The lowest BCUT2D eigenvalue weighted by molar-refractivity contribution is 0.0945. The van der Waals surface area contributed by atoms with E-state index in [1.165, 1.54) is 28.2 Å². The molecule has 5 nitrogen and oxygen atoms in total. The van der Waals surface area contributed by atoms with Crippen molar-refractivity contribution in [3.8, 4) is 0 Å². The monoisotopic (exact) mass is 462 g/mol. The number of carbonyl (C=O) groups is 1. The van der Waals surface area contributed by atoms with E-state index in [9.17, 15) is 4.79 Å². The average molecular weight is 463 g/mol. The molecule has 0 spiro atoms. The molecule has 6 heteroatoms. The summed E-state index contributed by atoms with van der Waals surface area (Å²) in [4.78, 5) is 19.7. The Morgan fingerprint density at radius 3 is 2.36 bits per heavy atom. The van der Waals surface area contributed by atoms with Crippen LogP contribution in [0.1, 0.15) is 66.5 Å². The van der Waals surface area contributed by atoms with Gasteiger partial charge in [0.05, 0.1) is 0 Å². The summed E-state index contributed by atoms with van der Waals surface area (Å²) < 4.78 is 4.57. The molecule has 33 heavy (non-hydrogen) atoms. The van der Waals surface area contributed by atoms with Crippen LogP contribution in [0.15, 0.2) is 48.5 Å². The van der Waals surface area contributed by atoms with Crippen molar-refractivity contribution >= 4 is 22.6 Å². The summed E-state index contributed by atoms with van der Waals surface area (Å²) in [5, 5.41) is 4.15. The first kappa shape index (κ1) is 23.4. The fraction of sp³-hybridized carbons (Fsp3) is 0.444. The van der Waals surface area contributed by atoms with Crippen molar-refractivity contribution in [1.29, 1.82) is 0 Å². The Labute approximate surface area is 201 Å². The molecule has 1 aliphatic rings. The number of amides is 1. The molecule has 1 fully saturated rings. The highest BCUT2D eigenvalue weighted by Crippen LogP contribution is 2.26. The van der Waals surface area contributed by atoms with Crippen LogP contribution in [0.5, 0.6) is 0 Å². The second-order valence-corrected chi connectivity index (χ2v) is 10.9. The van der Waals surface area contributed by atoms with E-state index in [2.05, 4.69) is 78.7 Å². The van der Waals surface area contributed by atoms with Gasteiger partial charge in [0.1, 0.15) is 5.82 Å². The van der Waals surface area contributed by atoms with Gasteiger partial charge in [-0.15, -0.1) is 0 Å². The van der Waals surface area contributed by atoms with Crippen LogP contribution in [0.3, 0.4) is 0 Å². The number of aromatic nitrogens is 2. The Bertz CT molecular complexity index is 1060. The Balaban J connectivity index is 1.23. The summed E-state index contributed by atoms with van der Waals surface area (Å²) in [7, 11) is 0. The molecule has 3 aromatic rings. The number of hydrogen-bond acceptors (Lipinski definition) is 5. The fourth-order valence-electron chi connectivity index (χ4n) is 4.12. The van der Waals surface area contributed by atoms with E-state index in [0.717, 1.165) is 55.4 Å². The van der Waals surface area contributed by atoms with Gasteiger partial charge in [-0.2, -0.15) is 4.37 Å². The molecular weight excluding hydrogens is 428 g/mol. The number of nitrogens with one attached hydrogen (secondary N) is 1. The summed E-state index contributed by atoms with van der Waals surface area (Å²) in [5.74, 6) is 1.41. The first-order chi connectivity index (χ1) is 15.8.